The fraction of sp³-hybridized carbons (Fsp3) is 0.300. The first-order valence-corrected chi connectivity index (χ1v) is 9.57. The predicted molar refractivity (Wildman–Crippen MR) is 109 cm³/mol. The lowest BCUT2D eigenvalue weighted by atomic mass is 10.1. The van der Waals surface area contributed by atoms with Crippen molar-refractivity contribution < 1.29 is 4.42 Å². The lowest BCUT2D eigenvalue weighted by molar-refractivity contribution is 0.249. The van der Waals surface area contributed by atoms with Crippen LogP contribution in [0.3, 0.4) is 0 Å². The van der Waals surface area contributed by atoms with E-state index in [1.54, 1.807) is 12.3 Å². The first-order valence-electron chi connectivity index (χ1n) is 8.81. The van der Waals surface area contributed by atoms with E-state index in [9.17, 15) is 4.79 Å². The second-order valence-corrected chi connectivity index (χ2v) is 7.63. The number of nitrogens with zero attached hydrogens (tertiary/aromatic N) is 3. The fourth-order valence-electron chi connectivity index (χ4n) is 3.41. The zero-order valence-corrected chi connectivity index (χ0v) is 16.4. The zero-order valence-electron chi connectivity index (χ0n) is 14.9. The fourth-order valence-corrected chi connectivity index (χ4v) is 3.69. The summed E-state index contributed by atoms with van der Waals surface area (Å²) in [5.74, 6) is 0.937. The minimum absolute atomic E-state index is 0.330. The van der Waals surface area contributed by atoms with Gasteiger partial charge < -0.3 is 9.32 Å². The van der Waals surface area contributed by atoms with Crippen LogP contribution in [0.1, 0.15) is 11.1 Å². The molecule has 0 saturated carbocycles. The Morgan fingerprint density at radius 2 is 1.89 bits per heavy atom. The highest BCUT2D eigenvalue weighted by Gasteiger charge is 2.19. The number of pyridine rings is 1. The number of benzene rings is 1. The number of piperazine rings is 1. The summed E-state index contributed by atoms with van der Waals surface area (Å²) in [5.41, 5.74) is 2.10. The largest absolute Gasteiger partial charge is 0.423 e. The van der Waals surface area contributed by atoms with Crippen LogP contribution in [0.15, 0.2) is 45.7 Å². The predicted octanol–water partition coefficient (Wildman–Crippen LogP) is 4.13. The third-order valence-corrected chi connectivity index (χ3v) is 5.54. The van der Waals surface area contributed by atoms with Crippen LogP contribution >= 0.6 is 23.2 Å². The van der Waals surface area contributed by atoms with Crippen molar-refractivity contribution in [3.63, 3.8) is 0 Å². The highest BCUT2D eigenvalue weighted by atomic mass is 35.5. The number of fused-ring (bicyclic) bond motifs is 1. The Kier molecular flexibility index (Phi) is 5.08. The maximum absolute atomic E-state index is 12.0. The van der Waals surface area contributed by atoms with Gasteiger partial charge >= 0.3 is 5.63 Å². The molecule has 3 heterocycles. The lowest BCUT2D eigenvalue weighted by Gasteiger charge is -2.35. The minimum Gasteiger partial charge on any atom is -0.423 e. The molecule has 140 valence electrons. The number of hydrogen-bond donors (Lipinski definition) is 0. The van der Waals surface area contributed by atoms with Gasteiger partial charge in [-0.15, -0.1) is 0 Å². The highest BCUT2D eigenvalue weighted by Crippen LogP contribution is 2.26. The summed E-state index contributed by atoms with van der Waals surface area (Å²) in [6.07, 6.45) is 1.67. The molecule has 0 spiro atoms. The third-order valence-electron chi connectivity index (χ3n) is 4.91. The maximum Gasteiger partial charge on any atom is 0.336 e. The Hall–Kier alpha value is -2.08. The van der Waals surface area contributed by atoms with Gasteiger partial charge in [0.2, 0.25) is 0 Å². The average Bonchev–Trinajstić information content (AvgIpc) is 2.65. The molecule has 0 bridgehead atoms. The summed E-state index contributed by atoms with van der Waals surface area (Å²) in [5, 5.41) is 2.21. The van der Waals surface area contributed by atoms with Crippen LogP contribution in [0.2, 0.25) is 10.0 Å². The van der Waals surface area contributed by atoms with Gasteiger partial charge in [-0.1, -0.05) is 23.2 Å². The summed E-state index contributed by atoms with van der Waals surface area (Å²) < 4.78 is 5.35. The van der Waals surface area contributed by atoms with Gasteiger partial charge in [0.05, 0.1) is 5.02 Å². The van der Waals surface area contributed by atoms with Crippen molar-refractivity contribution in [3.8, 4) is 0 Å². The van der Waals surface area contributed by atoms with Crippen LogP contribution < -0.4 is 10.5 Å². The van der Waals surface area contributed by atoms with E-state index < -0.39 is 0 Å². The first-order chi connectivity index (χ1) is 13.0. The molecule has 0 atom stereocenters. The molecule has 1 fully saturated rings. The van der Waals surface area contributed by atoms with Crippen molar-refractivity contribution in [1.29, 1.82) is 0 Å². The molecule has 4 rings (SSSR count). The van der Waals surface area contributed by atoms with Crippen LogP contribution in [0.5, 0.6) is 0 Å². The molecule has 0 unspecified atom stereocenters. The molecule has 27 heavy (non-hydrogen) atoms. The average molecular weight is 404 g/mol. The Balaban J connectivity index is 1.51. The number of hydrogen-bond acceptors (Lipinski definition) is 5. The van der Waals surface area contributed by atoms with E-state index in [0.29, 0.717) is 22.2 Å². The van der Waals surface area contributed by atoms with E-state index >= 15 is 0 Å². The van der Waals surface area contributed by atoms with Crippen LogP contribution in [-0.2, 0) is 6.54 Å². The molecule has 0 amide bonds. The molecule has 5 nitrogen and oxygen atoms in total. The normalized spacial score (nSPS) is 15.4. The van der Waals surface area contributed by atoms with Crippen LogP contribution in [-0.4, -0.2) is 36.1 Å². The van der Waals surface area contributed by atoms with Crippen molar-refractivity contribution in [2.24, 2.45) is 0 Å². The van der Waals surface area contributed by atoms with Crippen molar-refractivity contribution in [3.05, 3.63) is 68.1 Å². The number of aryl methyl sites for hydroxylation is 1. The molecule has 1 aromatic carbocycles. The first kappa shape index (κ1) is 18.3. The lowest BCUT2D eigenvalue weighted by Crippen LogP contribution is -2.46. The number of aromatic nitrogens is 1. The van der Waals surface area contributed by atoms with Crippen molar-refractivity contribution >= 4 is 40.0 Å². The SMILES string of the molecule is Cc1cc2oc(=O)cc(CN3CCN(c4ccc(Cl)cn4)CC3)c2cc1Cl. The van der Waals surface area contributed by atoms with E-state index in [4.69, 9.17) is 27.6 Å². The Morgan fingerprint density at radius 1 is 1.11 bits per heavy atom. The van der Waals surface area contributed by atoms with Crippen LogP contribution in [0.25, 0.3) is 11.0 Å². The summed E-state index contributed by atoms with van der Waals surface area (Å²) in [6.45, 7) is 6.08. The molecule has 3 aromatic rings. The van der Waals surface area contributed by atoms with Gasteiger partial charge in [-0.2, -0.15) is 0 Å². The van der Waals surface area contributed by atoms with Gasteiger partial charge in [-0.05, 0) is 42.3 Å². The van der Waals surface area contributed by atoms with E-state index in [2.05, 4.69) is 14.8 Å². The minimum atomic E-state index is -0.330. The van der Waals surface area contributed by atoms with Gasteiger partial charge in [0.15, 0.2) is 0 Å². The molecular weight excluding hydrogens is 385 g/mol. The van der Waals surface area contributed by atoms with E-state index in [0.717, 1.165) is 48.5 Å². The standard InChI is InChI=1S/C20H19Cl2N3O2/c1-13-8-18-16(10-17(13)22)14(9-20(26)27-18)12-24-4-6-25(7-5-24)19-3-2-15(21)11-23-19/h2-3,8-11H,4-7,12H2,1H3. The van der Waals surface area contributed by atoms with Crippen LogP contribution in [0, 0.1) is 6.92 Å². The molecular formula is C20H19Cl2N3O2. The smallest absolute Gasteiger partial charge is 0.336 e. The third kappa shape index (κ3) is 3.95. The Morgan fingerprint density at radius 3 is 2.59 bits per heavy atom. The molecule has 1 aliphatic heterocycles. The molecule has 1 aliphatic rings. The van der Waals surface area contributed by atoms with E-state index in [1.165, 1.54) is 0 Å². The molecule has 0 N–H and O–H groups in total. The van der Waals surface area contributed by atoms with Crippen molar-refractivity contribution in [2.45, 2.75) is 13.5 Å². The van der Waals surface area contributed by atoms with E-state index in [-0.39, 0.29) is 5.63 Å². The molecule has 7 heteroatoms. The summed E-state index contributed by atoms with van der Waals surface area (Å²) in [4.78, 5) is 20.9. The maximum atomic E-state index is 12.0. The van der Waals surface area contributed by atoms with Crippen molar-refractivity contribution in [1.82, 2.24) is 9.88 Å². The summed E-state index contributed by atoms with van der Waals surface area (Å²) in [6, 6.07) is 9.09. The van der Waals surface area contributed by atoms with Gasteiger partial charge in [0.25, 0.3) is 0 Å². The molecule has 1 saturated heterocycles. The van der Waals surface area contributed by atoms with Gasteiger partial charge in [0.1, 0.15) is 11.4 Å². The quantitative estimate of drug-likeness (QED) is 0.615. The van der Waals surface area contributed by atoms with Crippen molar-refractivity contribution in [2.75, 3.05) is 31.1 Å². The van der Waals surface area contributed by atoms with Crippen LogP contribution in [0.4, 0.5) is 5.82 Å². The van der Waals surface area contributed by atoms with Gasteiger partial charge in [0, 0.05) is 55.4 Å². The van der Waals surface area contributed by atoms with Gasteiger partial charge in [-0.3, -0.25) is 4.90 Å². The second-order valence-electron chi connectivity index (χ2n) is 6.79. The van der Waals surface area contributed by atoms with E-state index in [1.807, 2.05) is 31.2 Å². The summed E-state index contributed by atoms with van der Waals surface area (Å²) in [7, 11) is 0. The number of halogens is 2. The zero-order chi connectivity index (χ0) is 19.0. The van der Waals surface area contributed by atoms with Gasteiger partial charge in [-0.25, -0.2) is 9.78 Å². The highest BCUT2D eigenvalue weighted by molar-refractivity contribution is 6.32. The molecule has 2 aromatic heterocycles. The number of rotatable bonds is 3. The monoisotopic (exact) mass is 403 g/mol. The molecule has 0 radical (unpaired) electrons. The summed E-state index contributed by atoms with van der Waals surface area (Å²) >= 11 is 12.2. The molecule has 0 aliphatic carbocycles. The Labute approximate surface area is 167 Å². The topological polar surface area (TPSA) is 49.6 Å². The second kappa shape index (κ2) is 7.50. The Bertz CT molecular complexity index is 1030. The number of anilines is 1.